The van der Waals surface area contributed by atoms with Gasteiger partial charge in [-0.1, -0.05) is 0 Å². The van der Waals surface area contributed by atoms with Gasteiger partial charge in [-0.25, -0.2) is 13.2 Å². The highest BCUT2D eigenvalue weighted by Gasteiger charge is 2.15. The Balaban J connectivity index is 2.49. The van der Waals surface area contributed by atoms with Crippen LogP contribution in [-0.4, -0.2) is 17.2 Å². The Labute approximate surface area is 95.3 Å². The molecule has 0 unspecified atom stereocenters. The Morgan fingerprint density at radius 1 is 0.941 bits per heavy atom. The van der Waals surface area contributed by atoms with Gasteiger partial charge in [-0.2, -0.15) is 0 Å². The Kier molecular flexibility index (Phi) is 2.95. The molecule has 0 aliphatic carbocycles. The average Bonchev–Trinajstić information content (AvgIpc) is 2.36. The van der Waals surface area contributed by atoms with Crippen molar-refractivity contribution in [2.45, 2.75) is 0 Å². The van der Waals surface area contributed by atoms with Crippen LogP contribution >= 0.6 is 0 Å². The van der Waals surface area contributed by atoms with E-state index in [1.165, 1.54) is 6.07 Å². The first-order valence-corrected chi connectivity index (χ1v) is 4.79. The lowest BCUT2D eigenvalue weighted by Gasteiger charge is -2.04. The highest BCUT2D eigenvalue weighted by atomic mass is 19.2. The number of benzene rings is 1. The van der Waals surface area contributed by atoms with Crippen molar-refractivity contribution in [1.29, 1.82) is 0 Å². The third-order valence-corrected chi connectivity index (χ3v) is 2.23. The van der Waals surface area contributed by atoms with Crippen LogP contribution in [0.15, 0.2) is 24.3 Å². The Bertz CT molecular complexity index is 540. The molecule has 0 bridgehead atoms. The van der Waals surface area contributed by atoms with Crippen molar-refractivity contribution < 1.29 is 13.2 Å². The Morgan fingerprint density at radius 3 is 2.29 bits per heavy atom. The van der Waals surface area contributed by atoms with Crippen molar-refractivity contribution >= 4 is 5.82 Å². The van der Waals surface area contributed by atoms with Gasteiger partial charge < -0.3 is 5.32 Å². The normalized spacial score (nSPS) is 10.4. The summed E-state index contributed by atoms with van der Waals surface area (Å²) in [4.78, 5) is 0. The first kappa shape index (κ1) is 11.4. The Hall–Kier alpha value is -2.11. The van der Waals surface area contributed by atoms with Gasteiger partial charge in [0.2, 0.25) is 0 Å². The second-order valence-corrected chi connectivity index (χ2v) is 3.28. The van der Waals surface area contributed by atoms with E-state index < -0.39 is 17.5 Å². The number of anilines is 1. The minimum atomic E-state index is -1.51. The summed E-state index contributed by atoms with van der Waals surface area (Å²) in [6.45, 7) is 0. The maximum atomic E-state index is 13.4. The molecule has 1 N–H and O–H groups in total. The topological polar surface area (TPSA) is 37.8 Å². The molecule has 1 heterocycles. The minimum Gasteiger partial charge on any atom is -0.372 e. The number of hydrogen-bond donors (Lipinski definition) is 1. The predicted molar refractivity (Wildman–Crippen MR) is 56.9 cm³/mol. The van der Waals surface area contributed by atoms with Crippen LogP contribution in [0.4, 0.5) is 19.0 Å². The van der Waals surface area contributed by atoms with Crippen molar-refractivity contribution in [2.75, 3.05) is 12.4 Å². The third-order valence-electron chi connectivity index (χ3n) is 2.23. The van der Waals surface area contributed by atoms with Crippen molar-refractivity contribution in [3.63, 3.8) is 0 Å². The molecule has 0 radical (unpaired) electrons. The lowest BCUT2D eigenvalue weighted by Crippen LogP contribution is -1.98. The zero-order chi connectivity index (χ0) is 12.4. The first-order valence-electron chi connectivity index (χ1n) is 4.79. The van der Waals surface area contributed by atoms with E-state index in [9.17, 15) is 13.2 Å². The van der Waals surface area contributed by atoms with E-state index in [2.05, 4.69) is 15.5 Å². The molecule has 17 heavy (non-hydrogen) atoms. The largest absolute Gasteiger partial charge is 0.372 e. The maximum Gasteiger partial charge on any atom is 0.195 e. The molecule has 0 fully saturated rings. The SMILES string of the molecule is CNc1ccc(-c2ccc(F)c(F)c2F)nn1. The quantitative estimate of drug-likeness (QED) is 0.818. The molecule has 2 rings (SSSR count). The van der Waals surface area contributed by atoms with Crippen LogP contribution < -0.4 is 5.32 Å². The zero-order valence-corrected chi connectivity index (χ0v) is 8.84. The highest BCUT2D eigenvalue weighted by molar-refractivity contribution is 5.60. The van der Waals surface area contributed by atoms with E-state index in [-0.39, 0.29) is 11.3 Å². The summed E-state index contributed by atoms with van der Waals surface area (Å²) in [7, 11) is 1.65. The van der Waals surface area contributed by atoms with Gasteiger partial charge in [-0.15, -0.1) is 10.2 Å². The first-order chi connectivity index (χ1) is 8.13. The zero-order valence-electron chi connectivity index (χ0n) is 8.84. The molecule has 6 heteroatoms. The van der Waals surface area contributed by atoms with E-state index in [1.807, 2.05) is 0 Å². The second kappa shape index (κ2) is 4.40. The van der Waals surface area contributed by atoms with Crippen LogP contribution in [0.2, 0.25) is 0 Å². The molecule has 3 nitrogen and oxygen atoms in total. The van der Waals surface area contributed by atoms with Crippen LogP contribution in [0.1, 0.15) is 0 Å². The number of rotatable bonds is 2. The molecule has 88 valence electrons. The molecule has 1 aromatic carbocycles. The van der Waals surface area contributed by atoms with E-state index >= 15 is 0 Å². The standard InChI is InChI=1S/C11H8F3N3/c1-15-9-5-4-8(16-17-9)6-2-3-7(12)11(14)10(6)13/h2-5H,1H3,(H,15,17). The summed E-state index contributed by atoms with van der Waals surface area (Å²) in [5, 5.41) is 10.2. The molecule has 0 amide bonds. The Morgan fingerprint density at radius 2 is 1.71 bits per heavy atom. The fraction of sp³-hybridized carbons (Fsp3) is 0.0909. The molecular formula is C11H8F3N3. The third kappa shape index (κ3) is 2.06. The van der Waals surface area contributed by atoms with Crippen molar-refractivity contribution in [1.82, 2.24) is 10.2 Å². The number of nitrogens with zero attached hydrogens (tertiary/aromatic N) is 2. The number of nitrogens with one attached hydrogen (secondary N) is 1. The second-order valence-electron chi connectivity index (χ2n) is 3.28. The van der Waals surface area contributed by atoms with Crippen molar-refractivity contribution in [3.8, 4) is 11.3 Å². The molecule has 0 spiro atoms. The van der Waals surface area contributed by atoms with Gasteiger partial charge in [0.25, 0.3) is 0 Å². The summed E-state index contributed by atoms with van der Waals surface area (Å²) in [6, 6.07) is 5.00. The van der Waals surface area contributed by atoms with Gasteiger partial charge in [0, 0.05) is 12.6 Å². The van der Waals surface area contributed by atoms with Crippen LogP contribution in [0.3, 0.4) is 0 Å². The molecule has 0 aliphatic rings. The minimum absolute atomic E-state index is 0.126. The van der Waals surface area contributed by atoms with E-state index in [1.54, 1.807) is 13.1 Å². The van der Waals surface area contributed by atoms with Gasteiger partial charge in [0.15, 0.2) is 17.5 Å². The van der Waals surface area contributed by atoms with Crippen LogP contribution in [0.25, 0.3) is 11.3 Å². The molecule has 0 saturated heterocycles. The summed E-state index contributed by atoms with van der Waals surface area (Å²) >= 11 is 0. The molecule has 2 aromatic rings. The predicted octanol–water partition coefficient (Wildman–Crippen LogP) is 2.60. The monoisotopic (exact) mass is 239 g/mol. The van der Waals surface area contributed by atoms with Crippen LogP contribution in [0.5, 0.6) is 0 Å². The lowest BCUT2D eigenvalue weighted by molar-refractivity contribution is 0.448. The van der Waals surface area contributed by atoms with Crippen LogP contribution in [0, 0.1) is 17.5 Å². The smallest absolute Gasteiger partial charge is 0.195 e. The van der Waals surface area contributed by atoms with E-state index in [4.69, 9.17) is 0 Å². The molecule has 1 aromatic heterocycles. The molecule has 0 saturated carbocycles. The number of aromatic nitrogens is 2. The fourth-order valence-electron chi connectivity index (χ4n) is 1.33. The average molecular weight is 239 g/mol. The van der Waals surface area contributed by atoms with Gasteiger partial charge in [-0.05, 0) is 24.3 Å². The van der Waals surface area contributed by atoms with Crippen molar-refractivity contribution in [3.05, 3.63) is 41.7 Å². The van der Waals surface area contributed by atoms with Gasteiger partial charge >= 0.3 is 0 Å². The van der Waals surface area contributed by atoms with Gasteiger partial charge in [0.1, 0.15) is 5.82 Å². The van der Waals surface area contributed by atoms with Gasteiger partial charge in [-0.3, -0.25) is 0 Å². The van der Waals surface area contributed by atoms with Gasteiger partial charge in [0.05, 0.1) is 5.69 Å². The fourth-order valence-corrected chi connectivity index (χ4v) is 1.33. The summed E-state index contributed by atoms with van der Waals surface area (Å²) in [6.07, 6.45) is 0. The summed E-state index contributed by atoms with van der Waals surface area (Å²) in [5.74, 6) is -3.51. The number of halogens is 3. The summed E-state index contributed by atoms with van der Waals surface area (Å²) in [5.41, 5.74) is 0.0134. The molecule has 0 atom stereocenters. The maximum absolute atomic E-state index is 13.4. The van der Waals surface area contributed by atoms with Crippen LogP contribution in [-0.2, 0) is 0 Å². The number of hydrogen-bond acceptors (Lipinski definition) is 3. The molecular weight excluding hydrogens is 231 g/mol. The molecule has 0 aliphatic heterocycles. The van der Waals surface area contributed by atoms with Crippen molar-refractivity contribution in [2.24, 2.45) is 0 Å². The lowest BCUT2D eigenvalue weighted by atomic mass is 10.1. The van der Waals surface area contributed by atoms with E-state index in [0.717, 1.165) is 12.1 Å². The van der Waals surface area contributed by atoms with E-state index in [0.29, 0.717) is 5.82 Å². The highest BCUT2D eigenvalue weighted by Crippen LogP contribution is 2.24. The summed E-state index contributed by atoms with van der Waals surface area (Å²) < 4.78 is 39.2.